The number of aromatic nitrogens is 3. The lowest BCUT2D eigenvalue weighted by atomic mass is 9.93. The lowest BCUT2D eigenvalue weighted by molar-refractivity contribution is 0.509. The van der Waals surface area contributed by atoms with E-state index >= 15 is 0 Å². The molecule has 0 saturated carbocycles. The fourth-order valence-electron chi connectivity index (χ4n) is 3.98. The Labute approximate surface area is 233 Å². The van der Waals surface area contributed by atoms with Crippen LogP contribution in [-0.4, -0.2) is 22.0 Å². The van der Waals surface area contributed by atoms with Crippen LogP contribution in [0.2, 0.25) is 0 Å². The zero-order valence-electron chi connectivity index (χ0n) is 24.0. The van der Waals surface area contributed by atoms with Crippen molar-refractivity contribution >= 4 is 16.9 Å². The van der Waals surface area contributed by atoms with Crippen molar-refractivity contribution < 1.29 is 0 Å². The van der Waals surface area contributed by atoms with E-state index in [1.165, 1.54) is 0 Å². The Kier molecular flexibility index (Phi) is 9.61. The molecule has 0 bridgehead atoms. The van der Waals surface area contributed by atoms with Gasteiger partial charge in [-0.05, 0) is 48.8 Å². The summed E-state index contributed by atoms with van der Waals surface area (Å²) in [6.45, 7) is 23.3. The molecule has 0 aliphatic rings. The van der Waals surface area contributed by atoms with Gasteiger partial charge in [-0.25, -0.2) is 0 Å². The maximum atomic E-state index is 4.45. The third-order valence-corrected chi connectivity index (χ3v) is 6.47. The first kappa shape index (κ1) is 29.1. The topological polar surface area (TPSA) is 74.8 Å². The highest BCUT2D eigenvalue weighted by Crippen LogP contribution is 2.30. The van der Waals surface area contributed by atoms with Crippen molar-refractivity contribution in [3.05, 3.63) is 121 Å². The number of hydrogen-bond donors (Lipinski definition) is 3. The summed E-state index contributed by atoms with van der Waals surface area (Å²) in [5.74, 6) is 0. The van der Waals surface area contributed by atoms with E-state index in [9.17, 15) is 0 Å². The van der Waals surface area contributed by atoms with Gasteiger partial charge in [0, 0.05) is 77.5 Å². The molecule has 0 aliphatic carbocycles. The fraction of sp³-hybridized carbons (Fsp3) is 0.242. The van der Waals surface area contributed by atoms with Crippen LogP contribution in [0.4, 0.5) is 11.4 Å². The molecule has 0 amide bonds. The molecule has 3 rings (SSSR count). The highest BCUT2D eigenvalue weighted by molar-refractivity contribution is 5.76. The number of likely N-dealkylation sites (N-methyl/N-ethyl adjacent to an activating group) is 1. The van der Waals surface area contributed by atoms with Crippen LogP contribution in [0.5, 0.6) is 0 Å². The molecule has 6 heteroatoms. The lowest BCUT2D eigenvalue weighted by Gasteiger charge is -2.23. The van der Waals surface area contributed by atoms with Gasteiger partial charge in [0.2, 0.25) is 0 Å². The summed E-state index contributed by atoms with van der Waals surface area (Å²) in [6, 6.07) is 6.00. The smallest absolute Gasteiger partial charge is 0.0604 e. The van der Waals surface area contributed by atoms with Gasteiger partial charge < -0.3 is 16.0 Å². The molecule has 3 N–H and O–H groups in total. The Morgan fingerprint density at radius 3 is 2.36 bits per heavy atom. The SMILES string of the molecule is C=C(CC(=C/C(=C)c1cncc(NC(=C)C(C)(C)C)c1)/C(=C\C)NC)Nc1cncc(-c2cccnc2)c1C. The van der Waals surface area contributed by atoms with Crippen molar-refractivity contribution in [2.45, 2.75) is 41.0 Å². The van der Waals surface area contributed by atoms with Crippen LogP contribution < -0.4 is 16.0 Å². The van der Waals surface area contributed by atoms with Crippen LogP contribution in [0.3, 0.4) is 0 Å². The van der Waals surface area contributed by atoms with Crippen molar-refractivity contribution in [2.75, 3.05) is 17.7 Å². The van der Waals surface area contributed by atoms with E-state index in [-0.39, 0.29) is 5.41 Å². The van der Waals surface area contributed by atoms with Gasteiger partial charge in [-0.15, -0.1) is 0 Å². The van der Waals surface area contributed by atoms with Crippen molar-refractivity contribution in [3.63, 3.8) is 0 Å². The van der Waals surface area contributed by atoms with Gasteiger partial charge in [0.1, 0.15) is 0 Å². The van der Waals surface area contributed by atoms with Gasteiger partial charge in [-0.2, -0.15) is 0 Å². The predicted octanol–water partition coefficient (Wildman–Crippen LogP) is 7.90. The third-order valence-electron chi connectivity index (χ3n) is 6.47. The van der Waals surface area contributed by atoms with E-state index in [1.54, 1.807) is 12.4 Å². The summed E-state index contributed by atoms with van der Waals surface area (Å²) in [5, 5.41) is 10.2. The quantitative estimate of drug-likeness (QED) is 0.223. The maximum absolute atomic E-state index is 4.45. The number of pyridine rings is 3. The molecule has 0 aliphatic heterocycles. The Hall–Kier alpha value is -4.45. The first-order valence-corrected chi connectivity index (χ1v) is 13.0. The predicted molar refractivity (Wildman–Crippen MR) is 166 cm³/mol. The molecule has 3 heterocycles. The maximum Gasteiger partial charge on any atom is 0.0604 e. The van der Waals surface area contributed by atoms with E-state index in [2.05, 4.69) is 84.4 Å². The summed E-state index contributed by atoms with van der Waals surface area (Å²) in [5.41, 5.74) is 10.5. The average molecular weight is 521 g/mol. The van der Waals surface area contributed by atoms with Crippen molar-refractivity contribution in [3.8, 4) is 11.1 Å². The average Bonchev–Trinajstić information content (AvgIpc) is 2.90. The summed E-state index contributed by atoms with van der Waals surface area (Å²) in [4.78, 5) is 13.1. The second-order valence-corrected chi connectivity index (χ2v) is 10.5. The fourth-order valence-corrected chi connectivity index (χ4v) is 3.98. The molecule has 0 aromatic carbocycles. The molecule has 0 spiro atoms. The second kappa shape index (κ2) is 12.9. The van der Waals surface area contributed by atoms with E-state index < -0.39 is 0 Å². The van der Waals surface area contributed by atoms with E-state index in [1.807, 2.05) is 63.0 Å². The minimum Gasteiger partial charge on any atom is -0.388 e. The Bertz CT molecular complexity index is 1410. The molecule has 39 heavy (non-hydrogen) atoms. The first-order chi connectivity index (χ1) is 18.5. The van der Waals surface area contributed by atoms with Gasteiger partial charge in [0.05, 0.1) is 23.8 Å². The van der Waals surface area contributed by atoms with Crippen LogP contribution in [-0.2, 0) is 0 Å². The standard InChI is InChI=1S/C33H40N6/c1-10-31(34-9)27(14-22(2)28-16-29(19-36-18-28)39-25(5)33(6,7)8)15-23(3)38-32-21-37-20-30(24(32)4)26-12-11-13-35-17-26/h10-14,16-21,34,38-39H,2-3,5,15H2,1,4,6-9H3/b27-14-,31-10+. The van der Waals surface area contributed by atoms with E-state index in [0.717, 1.165) is 61.9 Å². The van der Waals surface area contributed by atoms with Gasteiger partial charge in [0.25, 0.3) is 0 Å². The molecule has 6 nitrogen and oxygen atoms in total. The summed E-state index contributed by atoms with van der Waals surface area (Å²) >= 11 is 0. The summed E-state index contributed by atoms with van der Waals surface area (Å²) < 4.78 is 0. The molecular weight excluding hydrogens is 480 g/mol. The number of anilines is 2. The van der Waals surface area contributed by atoms with Gasteiger partial charge in [-0.3, -0.25) is 15.0 Å². The third kappa shape index (κ3) is 7.77. The molecule has 202 valence electrons. The first-order valence-electron chi connectivity index (χ1n) is 13.0. The highest BCUT2D eigenvalue weighted by Gasteiger charge is 2.15. The molecule has 3 aromatic heterocycles. The van der Waals surface area contributed by atoms with E-state index in [0.29, 0.717) is 6.42 Å². The monoisotopic (exact) mass is 520 g/mol. The molecule has 0 saturated heterocycles. The van der Waals surface area contributed by atoms with Crippen molar-refractivity contribution in [1.82, 2.24) is 20.3 Å². The highest BCUT2D eigenvalue weighted by atomic mass is 14.9. The molecule has 3 aromatic rings. The largest absolute Gasteiger partial charge is 0.388 e. The molecule has 0 radical (unpaired) electrons. The Morgan fingerprint density at radius 2 is 1.72 bits per heavy atom. The van der Waals surface area contributed by atoms with Crippen molar-refractivity contribution in [2.24, 2.45) is 5.41 Å². The number of allylic oxidation sites excluding steroid dienone is 6. The van der Waals surface area contributed by atoms with Crippen LogP contribution >= 0.6 is 0 Å². The minimum absolute atomic E-state index is 0.0631. The van der Waals surface area contributed by atoms with Crippen LogP contribution in [0, 0.1) is 12.3 Å². The molecule has 0 atom stereocenters. The number of nitrogens with one attached hydrogen (secondary N) is 3. The number of rotatable bonds is 11. The van der Waals surface area contributed by atoms with Gasteiger partial charge in [-0.1, -0.05) is 52.7 Å². The molecule has 0 fully saturated rings. The van der Waals surface area contributed by atoms with Gasteiger partial charge >= 0.3 is 0 Å². The lowest BCUT2D eigenvalue weighted by Crippen LogP contribution is -2.15. The zero-order chi connectivity index (χ0) is 28.6. The van der Waals surface area contributed by atoms with Crippen LogP contribution in [0.1, 0.15) is 45.2 Å². The zero-order valence-corrected chi connectivity index (χ0v) is 24.0. The van der Waals surface area contributed by atoms with Crippen molar-refractivity contribution in [1.29, 1.82) is 0 Å². The van der Waals surface area contributed by atoms with Gasteiger partial charge in [0.15, 0.2) is 0 Å². The number of hydrogen-bond acceptors (Lipinski definition) is 6. The minimum atomic E-state index is -0.0631. The second-order valence-electron chi connectivity index (χ2n) is 10.5. The summed E-state index contributed by atoms with van der Waals surface area (Å²) in [6.07, 6.45) is 15.6. The molecular formula is C33H40N6. The Morgan fingerprint density at radius 1 is 0.974 bits per heavy atom. The normalized spacial score (nSPS) is 12.1. The Balaban J connectivity index is 1.83. The van der Waals surface area contributed by atoms with E-state index in [4.69, 9.17) is 0 Å². The number of nitrogens with zero attached hydrogens (tertiary/aromatic N) is 3. The molecule has 0 unspecified atom stereocenters. The summed E-state index contributed by atoms with van der Waals surface area (Å²) in [7, 11) is 1.91. The van der Waals surface area contributed by atoms with Crippen LogP contribution in [0.15, 0.2) is 110 Å². The van der Waals surface area contributed by atoms with Crippen LogP contribution in [0.25, 0.3) is 16.7 Å².